The summed E-state index contributed by atoms with van der Waals surface area (Å²) in [4.78, 5) is 15.8. The molecule has 0 aliphatic carbocycles. The minimum absolute atomic E-state index is 0.107. The van der Waals surface area contributed by atoms with Crippen LogP contribution in [0.5, 0.6) is 5.75 Å². The molecule has 0 atom stereocenters. The van der Waals surface area contributed by atoms with Crippen LogP contribution < -0.4 is 4.74 Å². The van der Waals surface area contributed by atoms with E-state index in [1.54, 1.807) is 7.05 Å². The number of esters is 1. The summed E-state index contributed by atoms with van der Waals surface area (Å²) in [5.74, 6) is 0.269. The number of hydrogen-bond acceptors (Lipinski definition) is 7. The number of nitrogens with zero attached hydrogens (tertiary/aromatic N) is 2. The first-order valence-corrected chi connectivity index (χ1v) is 13.2. The van der Waals surface area contributed by atoms with Crippen molar-refractivity contribution < 1.29 is 22.7 Å². The average Bonchev–Trinajstić information content (AvgIpc) is 3.18. The maximum absolute atomic E-state index is 13.3. The van der Waals surface area contributed by atoms with E-state index in [1.165, 1.54) is 22.8 Å². The van der Waals surface area contributed by atoms with Gasteiger partial charge in [-0.15, -0.1) is 11.3 Å². The highest BCUT2D eigenvalue weighted by atomic mass is 32.2. The lowest BCUT2D eigenvalue weighted by Gasteiger charge is -2.27. The van der Waals surface area contributed by atoms with E-state index in [-0.39, 0.29) is 9.77 Å². The van der Waals surface area contributed by atoms with Crippen LogP contribution in [0, 0.1) is 0 Å². The highest BCUT2D eigenvalue weighted by Crippen LogP contribution is 2.38. The lowest BCUT2D eigenvalue weighted by atomic mass is 10.0. The van der Waals surface area contributed by atoms with Crippen molar-refractivity contribution in [2.75, 3.05) is 33.9 Å². The van der Waals surface area contributed by atoms with E-state index < -0.39 is 16.0 Å². The van der Waals surface area contributed by atoms with Crippen molar-refractivity contribution >= 4 is 27.3 Å². The molecule has 2 aromatic rings. The first-order valence-electron chi connectivity index (χ1n) is 10.9. The van der Waals surface area contributed by atoms with E-state index in [2.05, 4.69) is 4.90 Å². The van der Waals surface area contributed by atoms with Crippen LogP contribution in [0.4, 0.5) is 0 Å². The molecule has 0 fully saturated rings. The summed E-state index contributed by atoms with van der Waals surface area (Å²) in [6.07, 6.45) is 2.27. The highest BCUT2D eigenvalue weighted by Gasteiger charge is 2.35. The van der Waals surface area contributed by atoms with E-state index in [4.69, 9.17) is 9.47 Å². The summed E-state index contributed by atoms with van der Waals surface area (Å²) >= 11 is 1.21. The molecule has 0 N–H and O–H groups in total. The van der Waals surface area contributed by atoms with Crippen LogP contribution >= 0.6 is 11.3 Å². The maximum Gasteiger partial charge on any atom is 0.340 e. The zero-order valence-electron chi connectivity index (χ0n) is 19.2. The number of benzene rings is 1. The zero-order chi connectivity index (χ0) is 23.3. The van der Waals surface area contributed by atoms with Gasteiger partial charge in [0.1, 0.15) is 9.96 Å². The van der Waals surface area contributed by atoms with Gasteiger partial charge in [0.05, 0.1) is 19.3 Å². The van der Waals surface area contributed by atoms with Gasteiger partial charge < -0.3 is 9.47 Å². The smallest absolute Gasteiger partial charge is 0.340 e. The van der Waals surface area contributed by atoms with Gasteiger partial charge in [0.25, 0.3) is 10.0 Å². The van der Waals surface area contributed by atoms with E-state index >= 15 is 0 Å². The minimum atomic E-state index is -3.76. The Morgan fingerprint density at radius 1 is 1.22 bits per heavy atom. The number of carbonyl (C=O) groups is 1. The average molecular weight is 481 g/mol. The van der Waals surface area contributed by atoms with Crippen molar-refractivity contribution in [3.63, 3.8) is 0 Å². The van der Waals surface area contributed by atoms with Crippen LogP contribution in [0.1, 0.15) is 53.1 Å². The molecule has 7 nitrogen and oxygen atoms in total. The summed E-state index contributed by atoms with van der Waals surface area (Å²) < 4.78 is 38.4. The first kappa shape index (κ1) is 24.7. The summed E-state index contributed by atoms with van der Waals surface area (Å²) in [5.41, 5.74) is 2.19. The van der Waals surface area contributed by atoms with Gasteiger partial charge >= 0.3 is 5.97 Å². The zero-order valence-corrected chi connectivity index (χ0v) is 20.9. The van der Waals surface area contributed by atoms with Crippen molar-refractivity contribution in [3.05, 3.63) is 45.8 Å². The second kappa shape index (κ2) is 10.8. The molecular formula is C23H32N2O5S2. The van der Waals surface area contributed by atoms with Gasteiger partial charge in [0.15, 0.2) is 0 Å². The molecule has 0 amide bonds. The Bertz CT molecular complexity index is 1030. The lowest BCUT2D eigenvalue weighted by molar-refractivity contribution is 0.0595. The first-order chi connectivity index (χ1) is 15.3. The summed E-state index contributed by atoms with van der Waals surface area (Å²) in [7, 11) is -0.890. The van der Waals surface area contributed by atoms with Gasteiger partial charge in [0, 0.05) is 38.1 Å². The number of fused-ring (bicyclic) bond motifs is 1. The largest absolute Gasteiger partial charge is 0.494 e. The van der Waals surface area contributed by atoms with Gasteiger partial charge in [-0.1, -0.05) is 25.5 Å². The molecule has 1 aliphatic heterocycles. The maximum atomic E-state index is 13.3. The van der Waals surface area contributed by atoms with E-state index in [9.17, 15) is 13.2 Å². The van der Waals surface area contributed by atoms with Gasteiger partial charge in [-0.25, -0.2) is 17.5 Å². The highest BCUT2D eigenvalue weighted by molar-refractivity contribution is 7.91. The number of unbranched alkanes of at least 4 members (excludes halogenated alkanes) is 1. The quantitative estimate of drug-likeness (QED) is 0.480. The van der Waals surface area contributed by atoms with E-state index in [1.807, 2.05) is 38.1 Å². The standard InChI is InChI=1S/C23H32N2O5S2/c1-5-7-13-24(3)32(27,28)23-21(22(26)29-4)19-12-14-25(16-20(19)31-23)15-17-8-10-18(11-9-17)30-6-2/h8-11H,5-7,12-16H2,1-4H3. The second-order valence-corrected chi connectivity index (χ2v) is 11.2. The third kappa shape index (κ3) is 5.33. The van der Waals surface area contributed by atoms with Crippen LogP contribution in [0.25, 0.3) is 0 Å². The SMILES string of the molecule is CCCCN(C)S(=O)(=O)c1sc2c(c1C(=O)OC)CCN(Cc1ccc(OCC)cc1)C2. The number of ether oxygens (including phenoxy) is 2. The molecule has 0 spiro atoms. The van der Waals surface area contributed by atoms with Crippen molar-refractivity contribution in [1.82, 2.24) is 9.21 Å². The fourth-order valence-corrected chi connectivity index (χ4v) is 7.14. The van der Waals surface area contributed by atoms with Gasteiger partial charge in [-0.3, -0.25) is 4.90 Å². The third-order valence-corrected chi connectivity index (χ3v) is 9.17. The molecule has 1 aromatic carbocycles. The summed E-state index contributed by atoms with van der Waals surface area (Å²) in [6, 6.07) is 8.03. The van der Waals surface area contributed by atoms with Crippen LogP contribution in [0.3, 0.4) is 0 Å². The van der Waals surface area contributed by atoms with Gasteiger partial charge in [-0.2, -0.15) is 0 Å². The molecule has 176 valence electrons. The summed E-state index contributed by atoms with van der Waals surface area (Å²) in [5, 5.41) is 0. The van der Waals surface area contributed by atoms with E-state index in [0.29, 0.717) is 26.1 Å². The number of carbonyl (C=O) groups excluding carboxylic acids is 1. The monoisotopic (exact) mass is 480 g/mol. The summed E-state index contributed by atoms with van der Waals surface area (Å²) in [6.45, 7) is 7.12. The number of sulfonamides is 1. The number of methoxy groups -OCH3 is 1. The Hall–Kier alpha value is -1.94. The Morgan fingerprint density at radius 2 is 1.94 bits per heavy atom. The normalized spacial score (nSPS) is 14.4. The lowest BCUT2D eigenvalue weighted by Crippen LogP contribution is -2.30. The molecule has 9 heteroatoms. The molecule has 0 unspecified atom stereocenters. The fourth-order valence-electron chi connectivity index (χ4n) is 3.81. The number of thiophene rings is 1. The van der Waals surface area contributed by atoms with Crippen LogP contribution in [0.2, 0.25) is 0 Å². The molecule has 1 aromatic heterocycles. The van der Waals surface area contributed by atoms with Crippen LogP contribution in [-0.4, -0.2) is 57.4 Å². The Kier molecular flexibility index (Phi) is 8.32. The predicted molar refractivity (Wildman–Crippen MR) is 126 cm³/mol. The van der Waals surface area contributed by atoms with Crippen molar-refractivity contribution in [3.8, 4) is 5.75 Å². The molecule has 0 saturated heterocycles. The number of hydrogen-bond donors (Lipinski definition) is 0. The Labute approximate surface area is 195 Å². The van der Waals surface area contributed by atoms with Crippen LogP contribution in [0.15, 0.2) is 28.5 Å². The van der Waals surface area contributed by atoms with Crippen molar-refractivity contribution in [2.24, 2.45) is 0 Å². The Morgan fingerprint density at radius 3 is 2.56 bits per heavy atom. The molecule has 32 heavy (non-hydrogen) atoms. The second-order valence-electron chi connectivity index (χ2n) is 7.88. The topological polar surface area (TPSA) is 76.2 Å². The minimum Gasteiger partial charge on any atom is -0.494 e. The number of rotatable bonds is 10. The van der Waals surface area contributed by atoms with Gasteiger partial charge in [-0.05, 0) is 43.0 Å². The van der Waals surface area contributed by atoms with Crippen LogP contribution in [-0.2, 0) is 34.3 Å². The van der Waals surface area contributed by atoms with Gasteiger partial charge in [0.2, 0.25) is 0 Å². The Balaban J connectivity index is 1.85. The molecule has 0 bridgehead atoms. The molecular weight excluding hydrogens is 448 g/mol. The molecule has 1 aliphatic rings. The van der Waals surface area contributed by atoms with E-state index in [0.717, 1.165) is 47.7 Å². The molecule has 0 radical (unpaired) electrons. The van der Waals surface area contributed by atoms with Crippen molar-refractivity contribution in [2.45, 2.75) is 50.4 Å². The third-order valence-electron chi connectivity index (χ3n) is 5.60. The van der Waals surface area contributed by atoms with Crippen molar-refractivity contribution in [1.29, 1.82) is 0 Å². The fraction of sp³-hybridized carbons (Fsp3) is 0.522. The molecule has 0 saturated carbocycles. The predicted octanol–water partition coefficient (Wildman–Crippen LogP) is 3.91. The molecule has 3 rings (SSSR count). The molecule has 2 heterocycles.